The van der Waals surface area contributed by atoms with E-state index < -0.39 is 0 Å². The highest BCUT2D eigenvalue weighted by Gasteiger charge is 1.97. The van der Waals surface area contributed by atoms with Gasteiger partial charge in [0.2, 0.25) is 0 Å². The summed E-state index contributed by atoms with van der Waals surface area (Å²) in [4.78, 5) is 10.7. The molecule has 0 aliphatic carbocycles. The number of hydrogen-bond donors (Lipinski definition) is 1. The molecule has 1 aromatic rings. The summed E-state index contributed by atoms with van der Waals surface area (Å²) >= 11 is 0. The molecule has 0 bridgehead atoms. The lowest BCUT2D eigenvalue weighted by atomic mass is 10.1. The number of benzene rings is 1. The average molecular weight is 205 g/mol. The van der Waals surface area contributed by atoms with Gasteiger partial charge in [-0.15, -0.1) is 0 Å². The molecule has 0 aromatic heterocycles. The van der Waals surface area contributed by atoms with Gasteiger partial charge in [0.25, 0.3) is 0 Å². The Balaban J connectivity index is 2.21. The monoisotopic (exact) mass is 205 g/mol. The van der Waals surface area contributed by atoms with Crippen molar-refractivity contribution in [2.75, 3.05) is 13.1 Å². The van der Waals surface area contributed by atoms with Crippen molar-refractivity contribution in [3.05, 3.63) is 35.4 Å². The summed E-state index contributed by atoms with van der Waals surface area (Å²) in [6.45, 7) is 5.49. The zero-order valence-electron chi connectivity index (χ0n) is 9.55. The van der Waals surface area contributed by atoms with Crippen LogP contribution in [0.3, 0.4) is 0 Å². The molecule has 0 unspecified atom stereocenters. The molecule has 0 aliphatic rings. The van der Waals surface area contributed by atoms with Crippen LogP contribution in [-0.4, -0.2) is 18.9 Å². The van der Waals surface area contributed by atoms with E-state index in [0.29, 0.717) is 6.42 Å². The summed E-state index contributed by atoms with van der Waals surface area (Å²) in [6, 6.07) is 8.41. The molecule has 1 aromatic carbocycles. The zero-order valence-corrected chi connectivity index (χ0v) is 9.55. The Bertz CT molecular complexity index is 320. The van der Waals surface area contributed by atoms with Crippen LogP contribution in [0.5, 0.6) is 0 Å². The normalized spacial score (nSPS) is 10.3. The number of nitrogens with one attached hydrogen (secondary N) is 1. The Morgan fingerprint density at radius 2 is 2.00 bits per heavy atom. The Morgan fingerprint density at radius 3 is 2.67 bits per heavy atom. The van der Waals surface area contributed by atoms with Crippen LogP contribution in [0.1, 0.15) is 24.5 Å². The van der Waals surface area contributed by atoms with Crippen molar-refractivity contribution in [1.82, 2.24) is 5.32 Å². The minimum Gasteiger partial charge on any atom is -0.316 e. The number of hydrogen-bond acceptors (Lipinski definition) is 2. The van der Waals surface area contributed by atoms with Crippen molar-refractivity contribution in [3.63, 3.8) is 0 Å². The molecule has 0 fully saturated rings. The quantitative estimate of drug-likeness (QED) is 0.721. The van der Waals surface area contributed by atoms with Gasteiger partial charge in [-0.1, -0.05) is 24.3 Å². The van der Waals surface area contributed by atoms with Crippen LogP contribution in [0.2, 0.25) is 0 Å². The molecule has 1 N–H and O–H groups in total. The van der Waals surface area contributed by atoms with Crippen LogP contribution in [0.4, 0.5) is 0 Å². The molecule has 0 radical (unpaired) electrons. The van der Waals surface area contributed by atoms with Crippen LogP contribution >= 0.6 is 0 Å². The van der Waals surface area contributed by atoms with E-state index in [-0.39, 0.29) is 5.78 Å². The summed E-state index contributed by atoms with van der Waals surface area (Å²) in [6.07, 6.45) is 1.67. The molecule has 0 amide bonds. The van der Waals surface area contributed by atoms with Crippen LogP contribution < -0.4 is 5.32 Å². The zero-order chi connectivity index (χ0) is 11.1. The highest BCUT2D eigenvalue weighted by Crippen LogP contribution is 2.06. The number of carbonyl (C=O) groups excluding carboxylic acids is 1. The molecular formula is C13H19NO. The minimum atomic E-state index is 0.249. The van der Waals surface area contributed by atoms with Crippen molar-refractivity contribution < 1.29 is 4.79 Å². The van der Waals surface area contributed by atoms with Gasteiger partial charge in [-0.3, -0.25) is 4.79 Å². The molecule has 0 aliphatic heterocycles. The Kier molecular flexibility index (Phi) is 5.05. The van der Waals surface area contributed by atoms with Gasteiger partial charge in [-0.25, -0.2) is 0 Å². The van der Waals surface area contributed by atoms with Gasteiger partial charge >= 0.3 is 0 Å². The summed E-state index contributed by atoms with van der Waals surface area (Å²) < 4.78 is 0. The van der Waals surface area contributed by atoms with Crippen molar-refractivity contribution in [2.24, 2.45) is 0 Å². The fourth-order valence-corrected chi connectivity index (χ4v) is 1.50. The standard InChI is InChI=1S/C13H19NO/c1-11-5-3-4-6-13(11)8-10-14-9-7-12(2)15/h3-6,14H,7-10H2,1-2H3. The Morgan fingerprint density at radius 1 is 1.27 bits per heavy atom. The van der Waals surface area contributed by atoms with Gasteiger partial charge in [0.15, 0.2) is 0 Å². The lowest BCUT2D eigenvalue weighted by Gasteiger charge is -2.06. The molecule has 2 nitrogen and oxygen atoms in total. The third-order valence-electron chi connectivity index (χ3n) is 2.49. The van der Waals surface area contributed by atoms with Crippen molar-refractivity contribution in [3.8, 4) is 0 Å². The number of Topliss-reactive ketones (excluding diaryl/α,β-unsaturated/α-hetero) is 1. The predicted molar refractivity (Wildman–Crippen MR) is 63.1 cm³/mol. The fraction of sp³-hybridized carbons (Fsp3) is 0.462. The van der Waals surface area contributed by atoms with Gasteiger partial charge in [0, 0.05) is 13.0 Å². The van der Waals surface area contributed by atoms with E-state index in [2.05, 4.69) is 36.5 Å². The van der Waals surface area contributed by atoms with Gasteiger partial charge in [0.1, 0.15) is 5.78 Å². The highest BCUT2D eigenvalue weighted by molar-refractivity contribution is 5.75. The second kappa shape index (κ2) is 6.36. The van der Waals surface area contributed by atoms with E-state index in [0.717, 1.165) is 19.5 Å². The van der Waals surface area contributed by atoms with Gasteiger partial charge < -0.3 is 5.32 Å². The summed E-state index contributed by atoms with van der Waals surface area (Å²) in [5.41, 5.74) is 2.72. The molecular weight excluding hydrogens is 186 g/mol. The number of ketones is 1. The molecule has 82 valence electrons. The van der Waals surface area contributed by atoms with E-state index >= 15 is 0 Å². The van der Waals surface area contributed by atoms with Crippen molar-refractivity contribution in [1.29, 1.82) is 0 Å². The maximum atomic E-state index is 10.7. The van der Waals surface area contributed by atoms with Crippen molar-refractivity contribution in [2.45, 2.75) is 26.7 Å². The SMILES string of the molecule is CC(=O)CCNCCc1ccccc1C. The third kappa shape index (κ3) is 4.75. The van der Waals surface area contributed by atoms with Crippen LogP contribution in [0, 0.1) is 6.92 Å². The fourth-order valence-electron chi connectivity index (χ4n) is 1.50. The average Bonchev–Trinajstić information content (AvgIpc) is 2.20. The van der Waals surface area contributed by atoms with Crippen LogP contribution in [0.25, 0.3) is 0 Å². The molecule has 0 spiro atoms. The molecule has 0 heterocycles. The van der Waals surface area contributed by atoms with E-state index in [1.54, 1.807) is 6.92 Å². The number of aryl methyl sites for hydroxylation is 1. The summed E-state index contributed by atoms with van der Waals surface area (Å²) in [5.74, 6) is 0.249. The van der Waals surface area contributed by atoms with E-state index in [1.165, 1.54) is 11.1 Å². The maximum Gasteiger partial charge on any atom is 0.131 e. The second-order valence-electron chi connectivity index (χ2n) is 3.88. The molecule has 0 atom stereocenters. The van der Waals surface area contributed by atoms with Gasteiger partial charge in [-0.2, -0.15) is 0 Å². The smallest absolute Gasteiger partial charge is 0.131 e. The lowest BCUT2D eigenvalue weighted by Crippen LogP contribution is -2.20. The largest absolute Gasteiger partial charge is 0.316 e. The van der Waals surface area contributed by atoms with Gasteiger partial charge in [0.05, 0.1) is 0 Å². The molecule has 15 heavy (non-hydrogen) atoms. The summed E-state index contributed by atoms with van der Waals surface area (Å²) in [7, 11) is 0. The van der Waals surface area contributed by atoms with E-state index in [9.17, 15) is 4.79 Å². The maximum absolute atomic E-state index is 10.7. The van der Waals surface area contributed by atoms with Crippen LogP contribution in [0.15, 0.2) is 24.3 Å². The first kappa shape index (κ1) is 11.9. The number of carbonyl (C=O) groups is 1. The first-order valence-corrected chi connectivity index (χ1v) is 5.45. The van der Waals surface area contributed by atoms with Crippen LogP contribution in [-0.2, 0) is 11.2 Å². The Hall–Kier alpha value is -1.15. The third-order valence-corrected chi connectivity index (χ3v) is 2.49. The highest BCUT2D eigenvalue weighted by atomic mass is 16.1. The first-order valence-electron chi connectivity index (χ1n) is 5.45. The lowest BCUT2D eigenvalue weighted by molar-refractivity contribution is -0.116. The van der Waals surface area contributed by atoms with E-state index in [4.69, 9.17) is 0 Å². The molecule has 2 heteroatoms. The predicted octanol–water partition coefficient (Wildman–Crippen LogP) is 2.11. The minimum absolute atomic E-state index is 0.249. The topological polar surface area (TPSA) is 29.1 Å². The summed E-state index contributed by atoms with van der Waals surface area (Å²) in [5, 5.41) is 3.27. The van der Waals surface area contributed by atoms with Gasteiger partial charge in [-0.05, 0) is 37.9 Å². The molecule has 0 saturated heterocycles. The van der Waals surface area contributed by atoms with E-state index in [1.807, 2.05) is 0 Å². The second-order valence-corrected chi connectivity index (χ2v) is 3.88. The Labute approximate surface area is 91.7 Å². The molecule has 0 saturated carbocycles. The molecule has 1 rings (SSSR count). The van der Waals surface area contributed by atoms with Crippen molar-refractivity contribution >= 4 is 5.78 Å². The first-order chi connectivity index (χ1) is 7.20. The number of rotatable bonds is 6.